The van der Waals surface area contributed by atoms with Crippen LogP contribution in [0.5, 0.6) is 0 Å². The van der Waals surface area contributed by atoms with E-state index in [0.717, 1.165) is 38.9 Å². The Bertz CT molecular complexity index is 891. The molecule has 0 spiro atoms. The number of rotatable bonds is 1. The summed E-state index contributed by atoms with van der Waals surface area (Å²) < 4.78 is 0. The van der Waals surface area contributed by atoms with Crippen LogP contribution in [-0.2, 0) is 0 Å². The third-order valence-corrected chi connectivity index (χ3v) is 3.42. The van der Waals surface area contributed by atoms with Crippen molar-refractivity contribution in [2.24, 2.45) is 0 Å². The molecule has 0 aliphatic carbocycles. The van der Waals surface area contributed by atoms with E-state index in [1.165, 1.54) is 0 Å². The second-order valence-electron chi connectivity index (χ2n) is 4.80. The summed E-state index contributed by atoms with van der Waals surface area (Å²) in [4.78, 5) is 12.0. The molecule has 4 heteroatoms. The average molecular weight is 260 g/mol. The summed E-state index contributed by atoms with van der Waals surface area (Å²) in [6, 6.07) is 14.1. The predicted octanol–water partition coefficient (Wildman–Crippen LogP) is 3.36. The van der Waals surface area contributed by atoms with E-state index >= 15 is 0 Å². The molecule has 2 aromatic carbocycles. The van der Waals surface area contributed by atoms with E-state index in [0.29, 0.717) is 0 Å². The van der Waals surface area contributed by atoms with Crippen LogP contribution in [0.25, 0.3) is 33.2 Å². The van der Waals surface area contributed by atoms with E-state index in [1.807, 2.05) is 30.3 Å². The molecule has 20 heavy (non-hydrogen) atoms. The number of anilines is 1. The predicted molar refractivity (Wildman–Crippen MR) is 81.2 cm³/mol. The number of nitrogens with zero attached hydrogens (tertiary/aromatic N) is 2. The van der Waals surface area contributed by atoms with Gasteiger partial charge in [0.1, 0.15) is 11.3 Å². The van der Waals surface area contributed by atoms with E-state index in [9.17, 15) is 0 Å². The van der Waals surface area contributed by atoms with Crippen molar-refractivity contribution >= 4 is 27.5 Å². The van der Waals surface area contributed by atoms with Gasteiger partial charge in [0.25, 0.3) is 0 Å². The van der Waals surface area contributed by atoms with Gasteiger partial charge in [-0.3, -0.25) is 4.98 Å². The van der Waals surface area contributed by atoms with Crippen LogP contribution >= 0.6 is 0 Å². The van der Waals surface area contributed by atoms with Crippen LogP contribution < -0.4 is 5.73 Å². The van der Waals surface area contributed by atoms with E-state index < -0.39 is 0 Å². The van der Waals surface area contributed by atoms with Crippen molar-refractivity contribution in [3.05, 3.63) is 54.9 Å². The molecule has 0 atom stereocenters. The zero-order valence-electron chi connectivity index (χ0n) is 10.7. The maximum absolute atomic E-state index is 5.80. The first-order valence-electron chi connectivity index (χ1n) is 6.39. The quantitative estimate of drug-likeness (QED) is 0.516. The van der Waals surface area contributed by atoms with Gasteiger partial charge in [-0.2, -0.15) is 0 Å². The van der Waals surface area contributed by atoms with Gasteiger partial charge < -0.3 is 10.7 Å². The number of nitrogen functional groups attached to an aromatic ring is 1. The van der Waals surface area contributed by atoms with Gasteiger partial charge in [-0.1, -0.05) is 18.2 Å². The second-order valence-corrected chi connectivity index (χ2v) is 4.80. The number of aromatic amines is 1. The van der Waals surface area contributed by atoms with Crippen molar-refractivity contribution in [2.75, 3.05) is 5.73 Å². The zero-order chi connectivity index (χ0) is 13.5. The molecule has 2 heterocycles. The van der Waals surface area contributed by atoms with Crippen LogP contribution in [0.1, 0.15) is 0 Å². The number of benzene rings is 2. The van der Waals surface area contributed by atoms with E-state index in [1.54, 1.807) is 12.4 Å². The SMILES string of the molecule is Nc1ccc2cc(-c3nc4cnccc4[nH]3)ccc2c1. The maximum atomic E-state index is 5.80. The fourth-order valence-electron chi connectivity index (χ4n) is 2.41. The van der Waals surface area contributed by atoms with Gasteiger partial charge in [0.05, 0.1) is 11.7 Å². The smallest absolute Gasteiger partial charge is 0.138 e. The number of H-pyrrole nitrogens is 1. The average Bonchev–Trinajstić information content (AvgIpc) is 2.90. The summed E-state index contributed by atoms with van der Waals surface area (Å²) in [5.74, 6) is 0.853. The molecular formula is C16H12N4. The molecule has 0 fully saturated rings. The van der Waals surface area contributed by atoms with Crippen LogP contribution in [-0.4, -0.2) is 15.0 Å². The minimum atomic E-state index is 0.778. The van der Waals surface area contributed by atoms with Gasteiger partial charge in [-0.15, -0.1) is 0 Å². The highest BCUT2D eigenvalue weighted by Crippen LogP contribution is 2.25. The summed E-state index contributed by atoms with van der Waals surface area (Å²) in [5, 5.41) is 2.28. The number of nitrogens with one attached hydrogen (secondary N) is 1. The molecule has 0 radical (unpaired) electrons. The monoisotopic (exact) mass is 260 g/mol. The van der Waals surface area contributed by atoms with Crippen molar-refractivity contribution in [3.8, 4) is 11.4 Å². The van der Waals surface area contributed by atoms with E-state index in [4.69, 9.17) is 5.73 Å². The number of hydrogen-bond acceptors (Lipinski definition) is 3. The number of pyridine rings is 1. The van der Waals surface area contributed by atoms with Gasteiger partial charge in [-0.05, 0) is 35.0 Å². The van der Waals surface area contributed by atoms with Crippen molar-refractivity contribution in [1.29, 1.82) is 0 Å². The first-order valence-corrected chi connectivity index (χ1v) is 6.39. The standard InChI is InChI=1S/C16H12N4/c17-13-4-3-10-7-12(2-1-11(10)8-13)16-19-14-5-6-18-9-15(14)20-16/h1-9H,17H2,(H,19,20). The second kappa shape index (κ2) is 4.06. The third kappa shape index (κ3) is 1.70. The number of aromatic nitrogens is 3. The molecule has 4 rings (SSSR count). The summed E-state index contributed by atoms with van der Waals surface area (Å²) in [5.41, 5.74) is 9.50. The van der Waals surface area contributed by atoms with Crippen molar-refractivity contribution < 1.29 is 0 Å². The largest absolute Gasteiger partial charge is 0.399 e. The molecule has 96 valence electrons. The zero-order valence-corrected chi connectivity index (χ0v) is 10.7. The Hall–Kier alpha value is -2.88. The van der Waals surface area contributed by atoms with Gasteiger partial charge in [0.2, 0.25) is 0 Å². The van der Waals surface area contributed by atoms with Crippen LogP contribution in [0.3, 0.4) is 0 Å². The van der Waals surface area contributed by atoms with Gasteiger partial charge in [0.15, 0.2) is 0 Å². The molecule has 4 aromatic rings. The molecule has 3 N–H and O–H groups in total. The van der Waals surface area contributed by atoms with E-state index in [-0.39, 0.29) is 0 Å². The van der Waals surface area contributed by atoms with E-state index in [2.05, 4.69) is 27.1 Å². The summed E-state index contributed by atoms with van der Waals surface area (Å²) in [7, 11) is 0. The summed E-state index contributed by atoms with van der Waals surface area (Å²) in [6.07, 6.45) is 3.52. The Balaban J connectivity index is 1.90. The lowest BCUT2D eigenvalue weighted by Crippen LogP contribution is -1.85. The minimum absolute atomic E-state index is 0.778. The van der Waals surface area contributed by atoms with Crippen LogP contribution in [0, 0.1) is 0 Å². The number of imidazole rings is 1. The van der Waals surface area contributed by atoms with Crippen LogP contribution in [0.2, 0.25) is 0 Å². The fraction of sp³-hybridized carbons (Fsp3) is 0. The first-order chi connectivity index (χ1) is 9.79. The number of nitrogens with two attached hydrogens (primary N) is 1. The molecule has 4 nitrogen and oxygen atoms in total. The third-order valence-electron chi connectivity index (χ3n) is 3.42. The van der Waals surface area contributed by atoms with Crippen molar-refractivity contribution in [1.82, 2.24) is 15.0 Å². The van der Waals surface area contributed by atoms with Crippen molar-refractivity contribution in [3.63, 3.8) is 0 Å². The maximum Gasteiger partial charge on any atom is 0.138 e. The Morgan fingerprint density at radius 2 is 1.80 bits per heavy atom. The van der Waals surface area contributed by atoms with Crippen LogP contribution in [0.4, 0.5) is 5.69 Å². The Kier molecular flexibility index (Phi) is 2.23. The molecule has 2 aromatic heterocycles. The normalized spacial score (nSPS) is 11.2. The van der Waals surface area contributed by atoms with Crippen LogP contribution in [0.15, 0.2) is 54.9 Å². The molecule has 0 saturated heterocycles. The highest BCUT2D eigenvalue weighted by molar-refractivity contribution is 5.89. The lowest BCUT2D eigenvalue weighted by molar-refractivity contribution is 1.33. The molecule has 0 saturated carbocycles. The Morgan fingerprint density at radius 3 is 2.70 bits per heavy atom. The molecular weight excluding hydrogens is 248 g/mol. The van der Waals surface area contributed by atoms with Gasteiger partial charge in [0, 0.05) is 17.4 Å². The molecule has 0 amide bonds. The molecule has 0 aliphatic rings. The number of fused-ring (bicyclic) bond motifs is 2. The topological polar surface area (TPSA) is 67.6 Å². The van der Waals surface area contributed by atoms with Gasteiger partial charge in [-0.25, -0.2) is 4.98 Å². The lowest BCUT2D eigenvalue weighted by Gasteiger charge is -2.02. The van der Waals surface area contributed by atoms with Crippen molar-refractivity contribution in [2.45, 2.75) is 0 Å². The number of hydrogen-bond donors (Lipinski definition) is 2. The summed E-state index contributed by atoms with van der Waals surface area (Å²) in [6.45, 7) is 0. The minimum Gasteiger partial charge on any atom is -0.399 e. The Labute approximate surface area is 115 Å². The Morgan fingerprint density at radius 1 is 0.950 bits per heavy atom. The molecule has 0 aliphatic heterocycles. The molecule has 0 bridgehead atoms. The highest BCUT2D eigenvalue weighted by Gasteiger charge is 2.06. The summed E-state index contributed by atoms with van der Waals surface area (Å²) >= 11 is 0. The lowest BCUT2D eigenvalue weighted by atomic mass is 10.1. The molecule has 0 unspecified atom stereocenters. The van der Waals surface area contributed by atoms with Gasteiger partial charge >= 0.3 is 0 Å². The first kappa shape index (κ1) is 11.0. The highest BCUT2D eigenvalue weighted by atomic mass is 14.9. The fourth-order valence-corrected chi connectivity index (χ4v) is 2.41.